The molecule has 0 radical (unpaired) electrons. The Morgan fingerprint density at radius 3 is 3.00 bits per heavy atom. The number of fused-ring (bicyclic) bond motifs is 2. The van der Waals surface area contributed by atoms with E-state index >= 15 is 0 Å². The van der Waals surface area contributed by atoms with Gasteiger partial charge in [-0.1, -0.05) is 6.08 Å². The van der Waals surface area contributed by atoms with E-state index in [-0.39, 0.29) is 11.8 Å². The molecule has 2 heterocycles. The van der Waals surface area contributed by atoms with E-state index in [9.17, 15) is 15.0 Å². The molecule has 3 rings (SSSR count). The van der Waals surface area contributed by atoms with Crippen molar-refractivity contribution in [1.82, 2.24) is 0 Å². The van der Waals surface area contributed by atoms with E-state index in [2.05, 4.69) is 0 Å². The maximum Gasteiger partial charge on any atom is 0.337 e. The van der Waals surface area contributed by atoms with Crippen LogP contribution in [0.1, 0.15) is 13.3 Å². The normalized spacial score (nSPS) is 43.8. The largest absolute Gasteiger partial charge is 0.447 e. The summed E-state index contributed by atoms with van der Waals surface area (Å²) in [5.74, 6) is -0.339. The SMILES string of the molecule is C[C@H](O)C1=C[C@@]2(C=C[C@@H]3C[C@H](O)OC[C@@H]32)OC1=O. The highest BCUT2D eigenvalue weighted by molar-refractivity contribution is 5.93. The Bertz CT molecular complexity index is 439. The summed E-state index contributed by atoms with van der Waals surface area (Å²) in [4.78, 5) is 11.7. The second-order valence-electron chi connectivity index (χ2n) is 5.17. The summed E-state index contributed by atoms with van der Waals surface area (Å²) in [5, 5.41) is 19.0. The standard InChI is InChI=1S/C13H16O5/c1-7(14)9-5-13(18-12(9)16)3-2-8-4-11(15)17-6-10(8)13/h2-3,5,7-8,10-11,14-15H,4,6H2,1H3/t7-,8+,10-,11+,13+/m0/s1. The van der Waals surface area contributed by atoms with Crippen LogP contribution in [0.5, 0.6) is 0 Å². The molecule has 1 spiro atoms. The van der Waals surface area contributed by atoms with Gasteiger partial charge in [-0.05, 0) is 25.0 Å². The summed E-state index contributed by atoms with van der Waals surface area (Å²) in [6.45, 7) is 1.89. The second-order valence-corrected chi connectivity index (χ2v) is 5.17. The molecule has 3 aliphatic rings. The summed E-state index contributed by atoms with van der Waals surface area (Å²) in [6.07, 6.45) is 4.44. The number of rotatable bonds is 1. The van der Waals surface area contributed by atoms with Crippen LogP contribution in [0.15, 0.2) is 23.8 Å². The van der Waals surface area contributed by atoms with E-state index in [0.29, 0.717) is 18.6 Å². The van der Waals surface area contributed by atoms with Gasteiger partial charge in [0.15, 0.2) is 11.9 Å². The molecule has 5 heteroatoms. The minimum atomic E-state index is -0.834. The van der Waals surface area contributed by atoms with Gasteiger partial charge >= 0.3 is 5.97 Å². The summed E-state index contributed by atoms with van der Waals surface area (Å²) in [5.41, 5.74) is -0.500. The number of aliphatic hydroxyl groups excluding tert-OH is 2. The van der Waals surface area contributed by atoms with Crippen LogP contribution < -0.4 is 0 Å². The molecule has 18 heavy (non-hydrogen) atoms. The predicted molar refractivity (Wildman–Crippen MR) is 61.3 cm³/mol. The number of allylic oxidation sites excluding steroid dienone is 1. The molecule has 0 aromatic rings. The van der Waals surface area contributed by atoms with Gasteiger partial charge in [0.1, 0.15) is 0 Å². The fraction of sp³-hybridized carbons (Fsp3) is 0.615. The molecule has 1 fully saturated rings. The molecule has 1 saturated heterocycles. The summed E-state index contributed by atoms with van der Waals surface area (Å²) in [6, 6.07) is 0. The van der Waals surface area contributed by atoms with E-state index in [0.717, 1.165) is 0 Å². The van der Waals surface area contributed by atoms with Crippen LogP contribution in [0.2, 0.25) is 0 Å². The van der Waals surface area contributed by atoms with Gasteiger partial charge in [-0.2, -0.15) is 0 Å². The molecule has 0 unspecified atom stereocenters. The van der Waals surface area contributed by atoms with Crippen LogP contribution in [0, 0.1) is 11.8 Å². The van der Waals surface area contributed by atoms with Gasteiger partial charge in [-0.3, -0.25) is 0 Å². The number of ether oxygens (including phenoxy) is 2. The van der Waals surface area contributed by atoms with Gasteiger partial charge in [0.25, 0.3) is 0 Å². The minimum Gasteiger partial charge on any atom is -0.447 e. The van der Waals surface area contributed by atoms with E-state index in [1.54, 1.807) is 13.0 Å². The molecular weight excluding hydrogens is 236 g/mol. The number of carbonyl (C=O) groups excluding carboxylic acids is 1. The van der Waals surface area contributed by atoms with Crippen LogP contribution in [0.4, 0.5) is 0 Å². The maximum atomic E-state index is 11.7. The average molecular weight is 252 g/mol. The lowest BCUT2D eigenvalue weighted by atomic mass is 9.81. The third kappa shape index (κ3) is 1.62. The first-order valence-electron chi connectivity index (χ1n) is 6.15. The fourth-order valence-corrected chi connectivity index (χ4v) is 2.99. The van der Waals surface area contributed by atoms with Gasteiger partial charge in [-0.25, -0.2) is 4.79 Å². The number of aliphatic hydroxyl groups is 2. The van der Waals surface area contributed by atoms with E-state index in [1.807, 2.05) is 12.2 Å². The number of hydrogen-bond donors (Lipinski definition) is 2. The van der Waals surface area contributed by atoms with Crippen molar-refractivity contribution in [3.8, 4) is 0 Å². The number of esters is 1. The Morgan fingerprint density at radius 2 is 2.33 bits per heavy atom. The zero-order valence-corrected chi connectivity index (χ0v) is 10.1. The van der Waals surface area contributed by atoms with Gasteiger partial charge in [0, 0.05) is 12.3 Å². The van der Waals surface area contributed by atoms with Crippen LogP contribution >= 0.6 is 0 Å². The highest BCUT2D eigenvalue weighted by Crippen LogP contribution is 2.46. The van der Waals surface area contributed by atoms with Crippen molar-refractivity contribution in [3.63, 3.8) is 0 Å². The third-order valence-electron chi connectivity index (χ3n) is 3.98. The smallest absolute Gasteiger partial charge is 0.337 e. The van der Waals surface area contributed by atoms with E-state index in [4.69, 9.17) is 9.47 Å². The molecule has 1 aliphatic carbocycles. The Labute approximate surface area is 105 Å². The van der Waals surface area contributed by atoms with Crippen LogP contribution in [0.25, 0.3) is 0 Å². The van der Waals surface area contributed by atoms with Crippen molar-refractivity contribution in [2.24, 2.45) is 11.8 Å². The molecule has 5 nitrogen and oxygen atoms in total. The zero-order valence-electron chi connectivity index (χ0n) is 10.1. The van der Waals surface area contributed by atoms with Gasteiger partial charge < -0.3 is 19.7 Å². The number of carbonyl (C=O) groups is 1. The van der Waals surface area contributed by atoms with E-state index < -0.39 is 24.0 Å². The third-order valence-corrected chi connectivity index (χ3v) is 3.98. The molecular formula is C13H16O5. The first-order chi connectivity index (χ1) is 8.52. The Balaban J connectivity index is 1.90. The topological polar surface area (TPSA) is 76.0 Å². The minimum absolute atomic E-state index is 0.0129. The van der Waals surface area contributed by atoms with Crippen molar-refractivity contribution in [2.45, 2.75) is 31.3 Å². The lowest BCUT2D eigenvalue weighted by Gasteiger charge is -2.36. The van der Waals surface area contributed by atoms with E-state index in [1.165, 1.54) is 0 Å². The lowest BCUT2D eigenvalue weighted by Crippen LogP contribution is -2.43. The number of hydrogen-bond acceptors (Lipinski definition) is 5. The quantitative estimate of drug-likeness (QED) is 0.512. The molecule has 2 N–H and O–H groups in total. The highest BCUT2D eigenvalue weighted by Gasteiger charge is 2.52. The Hall–Kier alpha value is -1.17. The van der Waals surface area contributed by atoms with Crippen LogP contribution in [0.3, 0.4) is 0 Å². The zero-order chi connectivity index (χ0) is 12.9. The molecule has 2 aliphatic heterocycles. The maximum absolute atomic E-state index is 11.7. The summed E-state index contributed by atoms with van der Waals surface area (Å²) >= 11 is 0. The lowest BCUT2D eigenvalue weighted by molar-refractivity contribution is -0.177. The first kappa shape index (κ1) is 11.9. The molecule has 98 valence electrons. The van der Waals surface area contributed by atoms with Crippen LogP contribution in [-0.4, -0.2) is 40.8 Å². The van der Waals surface area contributed by atoms with Crippen LogP contribution in [-0.2, 0) is 14.3 Å². The van der Waals surface area contributed by atoms with Crippen molar-refractivity contribution < 1.29 is 24.5 Å². The molecule has 0 saturated carbocycles. The van der Waals surface area contributed by atoms with Gasteiger partial charge in [0.05, 0.1) is 18.3 Å². The van der Waals surface area contributed by atoms with Gasteiger partial charge in [0.2, 0.25) is 0 Å². The summed E-state index contributed by atoms with van der Waals surface area (Å²) in [7, 11) is 0. The average Bonchev–Trinajstić information content (AvgIpc) is 2.81. The molecule has 0 bridgehead atoms. The molecule has 0 amide bonds. The fourth-order valence-electron chi connectivity index (χ4n) is 2.99. The summed E-state index contributed by atoms with van der Waals surface area (Å²) < 4.78 is 10.7. The second kappa shape index (κ2) is 3.91. The Kier molecular flexibility index (Phi) is 2.59. The monoisotopic (exact) mass is 252 g/mol. The molecule has 0 aromatic heterocycles. The van der Waals surface area contributed by atoms with Crippen molar-refractivity contribution in [1.29, 1.82) is 0 Å². The van der Waals surface area contributed by atoms with Crippen molar-refractivity contribution >= 4 is 5.97 Å². The van der Waals surface area contributed by atoms with Crippen molar-refractivity contribution in [3.05, 3.63) is 23.8 Å². The van der Waals surface area contributed by atoms with Gasteiger partial charge in [-0.15, -0.1) is 0 Å². The molecule has 5 atom stereocenters. The first-order valence-corrected chi connectivity index (χ1v) is 6.15. The molecule has 0 aromatic carbocycles. The van der Waals surface area contributed by atoms with Crippen molar-refractivity contribution in [2.75, 3.05) is 6.61 Å². The Morgan fingerprint density at radius 1 is 1.56 bits per heavy atom. The highest BCUT2D eigenvalue weighted by atomic mass is 16.6. The predicted octanol–water partition coefficient (Wildman–Crippen LogP) is 0.130.